The zero-order chi connectivity index (χ0) is 59.1. The van der Waals surface area contributed by atoms with Crippen molar-refractivity contribution >= 4 is 35.0 Å². The highest BCUT2D eigenvalue weighted by atomic mass is 14.8. The van der Waals surface area contributed by atoms with E-state index in [0.29, 0.717) is 0 Å². The normalized spacial score (nSPS) is 12.1. The second-order valence-corrected chi connectivity index (χ2v) is 25.7. The lowest BCUT2D eigenvalue weighted by Gasteiger charge is -2.08. The molecule has 0 N–H and O–H groups in total. The molecular weight excluding hydrogens is 1000 g/mol. The van der Waals surface area contributed by atoms with Crippen LogP contribution in [0.1, 0.15) is 405 Å². The van der Waals surface area contributed by atoms with Gasteiger partial charge in [-0.3, -0.25) is 4.99 Å². The summed E-state index contributed by atoms with van der Waals surface area (Å²) >= 11 is 0. The predicted molar refractivity (Wildman–Crippen MR) is 379 cm³/mol. The van der Waals surface area contributed by atoms with Crippen molar-refractivity contribution in [3.8, 4) is 11.8 Å². The zero-order valence-electron chi connectivity index (χ0n) is 56.1. The lowest BCUT2D eigenvalue weighted by molar-refractivity contribution is 0.516. The minimum atomic E-state index is 0.795. The third kappa shape index (κ3) is 50.7. The number of allylic oxidation sites excluding steroid dienone is 2. The quantitative estimate of drug-likeness (QED) is 0.0358. The topological polar surface area (TPSA) is 24.7 Å². The zero-order valence-corrected chi connectivity index (χ0v) is 56.1. The maximum absolute atomic E-state index is 5.29. The Hall–Kier alpha value is -3.18. The van der Waals surface area contributed by atoms with Crippen LogP contribution in [0, 0.1) is 11.8 Å². The standard InChI is InChI=1S/C81H138N2/c1-5-9-13-15-17-19-21-23-25-27-29-31-33-35-37-39-41-43-45-47-49-51-53-55-57-59-62-66-76-68-64-70-78(74-76)82-80(72-12-8-4)81(73-61-11-7-3)83-79-71-65-69-77(75-79)67-63-60-58-56-54-52-50-48-46-44-42-40-38-36-34-32-30-28-26-24-22-20-18-16-14-10-6-2/h62-71,74-75H,5-11,13-61,73H2,1-4H3. The molecule has 0 radical (unpaired) electrons. The highest BCUT2D eigenvalue weighted by Gasteiger charge is 2.10. The van der Waals surface area contributed by atoms with Gasteiger partial charge >= 0.3 is 0 Å². The molecule has 0 bridgehead atoms. The van der Waals surface area contributed by atoms with Crippen LogP contribution in [0.25, 0.3) is 12.2 Å². The number of rotatable bonds is 61. The third-order valence-electron chi connectivity index (χ3n) is 17.5. The summed E-state index contributed by atoms with van der Waals surface area (Å²) in [6, 6.07) is 17.4. The van der Waals surface area contributed by atoms with Crippen LogP contribution in [-0.4, -0.2) is 11.4 Å². The fourth-order valence-corrected chi connectivity index (χ4v) is 12.0. The molecule has 0 saturated carbocycles. The van der Waals surface area contributed by atoms with Gasteiger partial charge < -0.3 is 0 Å². The highest BCUT2D eigenvalue weighted by molar-refractivity contribution is 6.49. The van der Waals surface area contributed by atoms with Crippen LogP contribution >= 0.6 is 0 Å². The first-order chi connectivity index (χ1) is 41.2. The van der Waals surface area contributed by atoms with Crippen LogP contribution in [0.5, 0.6) is 0 Å². The van der Waals surface area contributed by atoms with Gasteiger partial charge in [0.15, 0.2) is 0 Å². The molecule has 0 heterocycles. The Kier molecular flexibility index (Phi) is 56.6. The summed E-state index contributed by atoms with van der Waals surface area (Å²) < 4.78 is 0. The van der Waals surface area contributed by atoms with Gasteiger partial charge in [-0.05, 0) is 79.8 Å². The van der Waals surface area contributed by atoms with Crippen molar-refractivity contribution in [2.45, 2.75) is 394 Å². The summed E-state index contributed by atoms with van der Waals surface area (Å²) in [5.41, 5.74) is 6.18. The Bertz CT molecular complexity index is 1870. The van der Waals surface area contributed by atoms with E-state index in [9.17, 15) is 0 Å². The number of hydrogen-bond donors (Lipinski definition) is 0. The fraction of sp³-hybridized carbons (Fsp3) is 0.753. The largest absolute Gasteiger partial charge is 0.250 e. The molecule has 472 valence electrons. The van der Waals surface area contributed by atoms with E-state index in [-0.39, 0.29) is 0 Å². The SMILES string of the molecule is CCC#CC(=Nc1cccc(C=CCCCCCCCCCCCCCCCCCCCCCCCCCCC)c1)C(CCCCC)=Nc1cccc(C=CCCCCCCCCCCCCCCCCCCCCCCCCCCC)c1. The molecule has 0 amide bonds. The summed E-state index contributed by atoms with van der Waals surface area (Å²) in [5, 5.41) is 0. The molecule has 0 fully saturated rings. The molecule has 2 aromatic rings. The molecule has 0 aliphatic rings. The van der Waals surface area contributed by atoms with Crippen molar-refractivity contribution in [2.24, 2.45) is 9.98 Å². The van der Waals surface area contributed by atoms with E-state index < -0.39 is 0 Å². The number of benzene rings is 2. The molecule has 0 spiro atoms. The molecule has 2 heteroatoms. The van der Waals surface area contributed by atoms with Crippen LogP contribution in [0.4, 0.5) is 11.4 Å². The Morgan fingerprint density at radius 2 is 0.578 bits per heavy atom. The second-order valence-electron chi connectivity index (χ2n) is 25.7. The van der Waals surface area contributed by atoms with Crippen LogP contribution in [-0.2, 0) is 0 Å². The van der Waals surface area contributed by atoms with Gasteiger partial charge in [0.2, 0.25) is 0 Å². The monoisotopic (exact) mass is 1140 g/mol. The number of unbranched alkanes of at least 4 members (excludes halogenated alkanes) is 52. The molecule has 2 rings (SSSR count). The molecule has 0 aliphatic heterocycles. The number of hydrogen-bond acceptors (Lipinski definition) is 2. The highest BCUT2D eigenvalue weighted by Crippen LogP contribution is 2.23. The molecule has 0 unspecified atom stereocenters. The summed E-state index contributed by atoms with van der Waals surface area (Å²) in [6.07, 6.45) is 88.6. The van der Waals surface area contributed by atoms with Crippen molar-refractivity contribution in [1.82, 2.24) is 0 Å². The average Bonchev–Trinajstić information content (AvgIpc) is 3.56. The maximum Gasteiger partial charge on any atom is 0.135 e. The number of nitrogens with zero attached hydrogens (tertiary/aromatic N) is 2. The van der Waals surface area contributed by atoms with Crippen molar-refractivity contribution in [1.29, 1.82) is 0 Å². The minimum Gasteiger partial charge on any atom is -0.250 e. The fourth-order valence-electron chi connectivity index (χ4n) is 12.0. The van der Waals surface area contributed by atoms with Crippen molar-refractivity contribution in [3.63, 3.8) is 0 Å². The molecular formula is C81H138N2. The molecule has 0 saturated heterocycles. The smallest absolute Gasteiger partial charge is 0.135 e. The van der Waals surface area contributed by atoms with E-state index >= 15 is 0 Å². The van der Waals surface area contributed by atoms with Gasteiger partial charge in [0.05, 0.1) is 17.1 Å². The summed E-state index contributed by atoms with van der Waals surface area (Å²) in [7, 11) is 0. The van der Waals surface area contributed by atoms with Gasteiger partial charge in [-0.1, -0.05) is 403 Å². The summed E-state index contributed by atoms with van der Waals surface area (Å²) in [6.45, 7) is 9.01. The van der Waals surface area contributed by atoms with Gasteiger partial charge in [0, 0.05) is 6.42 Å². The van der Waals surface area contributed by atoms with Crippen LogP contribution in [0.3, 0.4) is 0 Å². The second kappa shape index (κ2) is 61.9. The van der Waals surface area contributed by atoms with Crippen LogP contribution < -0.4 is 0 Å². The van der Waals surface area contributed by atoms with Gasteiger partial charge in [0.1, 0.15) is 5.71 Å². The van der Waals surface area contributed by atoms with E-state index in [1.165, 1.54) is 345 Å². The maximum atomic E-state index is 5.29. The predicted octanol–water partition coefficient (Wildman–Crippen LogP) is 28.9. The van der Waals surface area contributed by atoms with Crippen molar-refractivity contribution in [3.05, 3.63) is 71.8 Å². The van der Waals surface area contributed by atoms with E-state index in [1.807, 2.05) is 0 Å². The van der Waals surface area contributed by atoms with Gasteiger partial charge in [-0.25, -0.2) is 4.99 Å². The van der Waals surface area contributed by atoms with Crippen LogP contribution in [0.2, 0.25) is 0 Å². The lowest BCUT2D eigenvalue weighted by atomic mass is 10.0. The number of aliphatic imine (C=N–C) groups is 2. The van der Waals surface area contributed by atoms with Gasteiger partial charge in [-0.15, -0.1) is 0 Å². The third-order valence-corrected chi connectivity index (χ3v) is 17.5. The molecule has 2 aromatic carbocycles. The first-order valence-electron chi connectivity index (χ1n) is 37.4. The van der Waals surface area contributed by atoms with Crippen molar-refractivity contribution < 1.29 is 0 Å². The lowest BCUT2D eigenvalue weighted by Crippen LogP contribution is -2.12. The summed E-state index contributed by atoms with van der Waals surface area (Å²) in [5.74, 6) is 6.80. The minimum absolute atomic E-state index is 0.795. The first kappa shape index (κ1) is 75.9. The Balaban J connectivity index is 1.60. The Morgan fingerprint density at radius 3 is 0.867 bits per heavy atom. The summed E-state index contributed by atoms with van der Waals surface area (Å²) in [4.78, 5) is 10.5. The van der Waals surface area contributed by atoms with E-state index in [4.69, 9.17) is 9.98 Å². The average molecular weight is 1140 g/mol. The van der Waals surface area contributed by atoms with E-state index in [0.717, 1.165) is 54.9 Å². The molecule has 0 aliphatic carbocycles. The van der Waals surface area contributed by atoms with E-state index in [2.05, 4.69) is 112 Å². The first-order valence-corrected chi connectivity index (χ1v) is 37.4. The molecule has 0 aromatic heterocycles. The molecule has 83 heavy (non-hydrogen) atoms. The Labute approximate surface area is 519 Å². The van der Waals surface area contributed by atoms with Gasteiger partial charge in [0.25, 0.3) is 0 Å². The molecule has 2 nitrogen and oxygen atoms in total. The van der Waals surface area contributed by atoms with E-state index in [1.54, 1.807) is 0 Å². The van der Waals surface area contributed by atoms with Crippen LogP contribution in [0.15, 0.2) is 70.7 Å². The van der Waals surface area contributed by atoms with Gasteiger partial charge in [-0.2, -0.15) is 0 Å². The Morgan fingerprint density at radius 1 is 0.313 bits per heavy atom. The molecule has 0 atom stereocenters. The van der Waals surface area contributed by atoms with Crippen molar-refractivity contribution in [2.75, 3.05) is 0 Å².